The molecule has 2 atom stereocenters. The molecule has 4 aromatic rings. The third-order valence-corrected chi connectivity index (χ3v) is 4.67. The highest BCUT2D eigenvalue weighted by molar-refractivity contribution is 7.46. The molecule has 0 spiro atoms. The molecule has 2 unspecified atom stereocenters. The Labute approximate surface area is 160 Å². The van der Waals surface area contributed by atoms with E-state index in [1.807, 2.05) is 30.5 Å². The van der Waals surface area contributed by atoms with Gasteiger partial charge in [0.05, 0.1) is 6.61 Å². The van der Waals surface area contributed by atoms with Crippen molar-refractivity contribution in [3.8, 4) is 0 Å². The number of rotatable bonds is 5. The molecule has 0 saturated heterocycles. The predicted molar refractivity (Wildman–Crippen MR) is 106 cm³/mol. The third-order valence-electron chi connectivity index (χ3n) is 4.18. The lowest BCUT2D eigenvalue weighted by molar-refractivity contribution is -0.0143. The Balaban J connectivity index is 0.000000206. The summed E-state index contributed by atoms with van der Waals surface area (Å²) in [5, 5.41) is 21.7. The molecule has 4 rings (SSSR count). The number of nitrogens with one attached hydrogen (secondary N) is 2. The first-order chi connectivity index (χ1) is 13.3. The van der Waals surface area contributed by atoms with Crippen LogP contribution >= 0.6 is 7.82 Å². The lowest BCUT2D eigenvalue weighted by Gasteiger charge is -2.17. The number of fused-ring (bicyclic) bond motifs is 2. The highest BCUT2D eigenvalue weighted by Gasteiger charge is 2.25. The number of phosphoric acid groups is 1. The van der Waals surface area contributed by atoms with Crippen LogP contribution in [-0.2, 0) is 9.09 Å². The van der Waals surface area contributed by atoms with E-state index in [-0.39, 0.29) is 0 Å². The molecule has 2 aromatic heterocycles. The van der Waals surface area contributed by atoms with Crippen molar-refractivity contribution in [3.63, 3.8) is 0 Å². The number of aliphatic hydroxyl groups excluding tert-OH is 2. The molecule has 28 heavy (non-hydrogen) atoms. The molecule has 9 heteroatoms. The molecule has 0 bridgehead atoms. The fourth-order valence-corrected chi connectivity index (χ4v) is 3.15. The zero-order chi connectivity index (χ0) is 20.1. The first-order valence-electron chi connectivity index (χ1n) is 8.49. The minimum absolute atomic E-state index is 0.442. The normalized spacial score (nSPS) is 13.9. The fourth-order valence-electron chi connectivity index (χ4n) is 2.81. The van der Waals surface area contributed by atoms with E-state index in [9.17, 15) is 14.8 Å². The maximum Gasteiger partial charge on any atom is 0.469 e. The van der Waals surface area contributed by atoms with Gasteiger partial charge in [0.2, 0.25) is 0 Å². The quantitative estimate of drug-likeness (QED) is 0.283. The molecule has 0 radical (unpaired) electrons. The largest absolute Gasteiger partial charge is 0.469 e. The van der Waals surface area contributed by atoms with Gasteiger partial charge in [-0.05, 0) is 23.6 Å². The van der Waals surface area contributed by atoms with Gasteiger partial charge in [0.1, 0.15) is 12.2 Å². The van der Waals surface area contributed by atoms with E-state index in [0.717, 1.165) is 10.9 Å². The van der Waals surface area contributed by atoms with E-state index in [1.165, 1.54) is 17.1 Å². The summed E-state index contributed by atoms with van der Waals surface area (Å²) in [4.78, 5) is 23.1. The minimum Gasteiger partial charge on any atom is -0.388 e. The second-order valence-electron chi connectivity index (χ2n) is 6.15. The SMILES string of the molecule is O=P(O)(O)OCC(O)C(O)c1c[nH]c2ccccc12.c1ccc2[nH]ccc2c1. The standard InChI is InChI=1S/C11H14NO6P.C8H7N/c13-10(6-18-19(15,16)17)11(14)8-5-12-9-4-2-1-3-7(8)9;1-2-4-8-7(3-1)5-6-9-8/h1-5,10-14H,6H2,(H2,15,16,17);1-6,9H. The number of phosphoric ester groups is 1. The summed E-state index contributed by atoms with van der Waals surface area (Å²) in [6, 6.07) is 17.5. The molecule has 0 aliphatic heterocycles. The van der Waals surface area contributed by atoms with Crippen molar-refractivity contribution in [1.82, 2.24) is 9.97 Å². The van der Waals surface area contributed by atoms with Gasteiger partial charge < -0.3 is 30.0 Å². The lowest BCUT2D eigenvalue weighted by atomic mass is 10.0. The van der Waals surface area contributed by atoms with Gasteiger partial charge in [-0.2, -0.15) is 0 Å². The van der Waals surface area contributed by atoms with Gasteiger partial charge in [0.15, 0.2) is 0 Å². The Hall–Kier alpha value is -2.45. The van der Waals surface area contributed by atoms with Crippen molar-refractivity contribution in [2.24, 2.45) is 0 Å². The van der Waals surface area contributed by atoms with Gasteiger partial charge >= 0.3 is 7.82 Å². The summed E-state index contributed by atoms with van der Waals surface area (Å²) < 4.78 is 14.7. The van der Waals surface area contributed by atoms with Crippen LogP contribution in [0.4, 0.5) is 0 Å². The molecule has 0 aliphatic carbocycles. The van der Waals surface area contributed by atoms with Gasteiger partial charge in [-0.15, -0.1) is 0 Å². The summed E-state index contributed by atoms with van der Waals surface area (Å²) in [5.74, 6) is 0. The molecule has 6 N–H and O–H groups in total. The van der Waals surface area contributed by atoms with E-state index in [2.05, 4.69) is 32.7 Å². The minimum atomic E-state index is -4.66. The van der Waals surface area contributed by atoms with Crippen LogP contribution in [0.25, 0.3) is 21.8 Å². The van der Waals surface area contributed by atoms with Gasteiger partial charge in [-0.25, -0.2) is 4.57 Å². The molecule has 2 aromatic carbocycles. The van der Waals surface area contributed by atoms with Crippen molar-refractivity contribution in [1.29, 1.82) is 0 Å². The van der Waals surface area contributed by atoms with E-state index < -0.39 is 26.6 Å². The van der Waals surface area contributed by atoms with E-state index in [4.69, 9.17) is 9.79 Å². The van der Waals surface area contributed by atoms with Crippen LogP contribution in [0.3, 0.4) is 0 Å². The van der Waals surface area contributed by atoms with Crippen LogP contribution in [-0.4, -0.2) is 42.7 Å². The molecule has 0 amide bonds. The highest BCUT2D eigenvalue weighted by Crippen LogP contribution is 2.37. The van der Waals surface area contributed by atoms with Gasteiger partial charge in [-0.1, -0.05) is 36.4 Å². The molecule has 2 heterocycles. The van der Waals surface area contributed by atoms with Crippen LogP contribution in [0, 0.1) is 0 Å². The van der Waals surface area contributed by atoms with Gasteiger partial charge in [0, 0.05) is 34.4 Å². The van der Waals surface area contributed by atoms with Crippen LogP contribution < -0.4 is 0 Å². The van der Waals surface area contributed by atoms with Crippen LogP contribution in [0.5, 0.6) is 0 Å². The smallest absolute Gasteiger partial charge is 0.388 e. The molecule has 0 saturated carbocycles. The predicted octanol–water partition coefficient (Wildman–Crippen LogP) is 2.84. The maximum absolute atomic E-state index is 10.5. The second kappa shape index (κ2) is 8.70. The molecular formula is C19H21N2O6P. The third kappa shape index (κ3) is 5.08. The number of H-pyrrole nitrogens is 2. The maximum atomic E-state index is 10.5. The number of hydrogen-bond acceptors (Lipinski definition) is 4. The van der Waals surface area contributed by atoms with Crippen LogP contribution in [0.1, 0.15) is 11.7 Å². The first kappa shape index (κ1) is 20.3. The van der Waals surface area contributed by atoms with E-state index in [0.29, 0.717) is 5.56 Å². The highest BCUT2D eigenvalue weighted by atomic mass is 31.2. The van der Waals surface area contributed by atoms with Crippen molar-refractivity contribution < 1.29 is 29.1 Å². The summed E-state index contributed by atoms with van der Waals surface area (Å²) in [7, 11) is -4.66. The molecular weight excluding hydrogens is 383 g/mol. The summed E-state index contributed by atoms with van der Waals surface area (Å²) in [6.07, 6.45) is 0.746. The Morgan fingerprint density at radius 2 is 1.61 bits per heavy atom. The number of aliphatic hydroxyl groups is 2. The van der Waals surface area contributed by atoms with Crippen molar-refractivity contribution in [2.45, 2.75) is 12.2 Å². The average Bonchev–Trinajstić information content (AvgIpc) is 3.32. The average molecular weight is 404 g/mol. The number of aromatic nitrogens is 2. The Morgan fingerprint density at radius 3 is 2.32 bits per heavy atom. The molecule has 0 aliphatic rings. The van der Waals surface area contributed by atoms with Crippen LogP contribution in [0.2, 0.25) is 0 Å². The van der Waals surface area contributed by atoms with Gasteiger partial charge in [-0.3, -0.25) is 4.52 Å². The first-order valence-corrected chi connectivity index (χ1v) is 10.0. The fraction of sp³-hybridized carbons (Fsp3) is 0.158. The molecule has 8 nitrogen and oxygen atoms in total. The second-order valence-corrected chi connectivity index (χ2v) is 7.39. The summed E-state index contributed by atoms with van der Waals surface area (Å²) in [5.41, 5.74) is 2.44. The van der Waals surface area contributed by atoms with E-state index >= 15 is 0 Å². The van der Waals surface area contributed by atoms with E-state index in [1.54, 1.807) is 12.1 Å². The Bertz CT molecular complexity index is 1060. The van der Waals surface area contributed by atoms with Crippen molar-refractivity contribution in [3.05, 3.63) is 72.6 Å². The topological polar surface area (TPSA) is 139 Å². The van der Waals surface area contributed by atoms with Crippen molar-refractivity contribution >= 4 is 29.6 Å². The number of aromatic amines is 2. The molecule has 148 valence electrons. The zero-order valence-corrected chi connectivity index (χ0v) is 15.7. The number of hydrogen-bond donors (Lipinski definition) is 6. The van der Waals surface area contributed by atoms with Crippen molar-refractivity contribution in [2.75, 3.05) is 6.61 Å². The van der Waals surface area contributed by atoms with Crippen LogP contribution in [0.15, 0.2) is 67.0 Å². The lowest BCUT2D eigenvalue weighted by Crippen LogP contribution is -2.23. The summed E-state index contributed by atoms with van der Waals surface area (Å²) >= 11 is 0. The zero-order valence-electron chi connectivity index (χ0n) is 14.8. The van der Waals surface area contributed by atoms with Gasteiger partial charge in [0.25, 0.3) is 0 Å². The molecule has 0 fully saturated rings. The Morgan fingerprint density at radius 1 is 0.929 bits per heavy atom. The number of benzene rings is 2. The number of para-hydroxylation sites is 2. The summed E-state index contributed by atoms with van der Waals surface area (Å²) in [6.45, 7) is -0.662. The Kier molecular flexibility index (Phi) is 6.31. The monoisotopic (exact) mass is 404 g/mol.